The Morgan fingerprint density at radius 2 is 1.62 bits per heavy atom. The van der Waals surface area contributed by atoms with Crippen LogP contribution in [0.25, 0.3) is 16.0 Å². The van der Waals surface area contributed by atoms with Gasteiger partial charge in [-0.05, 0) is 18.9 Å². The molecule has 1 aromatic rings. The van der Waals surface area contributed by atoms with Crippen LogP contribution in [-0.4, -0.2) is 67.3 Å². The minimum absolute atomic E-state index is 0. The van der Waals surface area contributed by atoms with E-state index in [1.807, 2.05) is 0 Å². The Balaban J connectivity index is 0. The maximum atomic E-state index is 11.9. The topological polar surface area (TPSA) is 140 Å². The predicted octanol–water partition coefficient (Wildman–Crippen LogP) is -6.85. The minimum Gasteiger partial charge on any atom is -0.654 e. The van der Waals surface area contributed by atoms with Crippen molar-refractivity contribution in [1.29, 1.82) is 0 Å². The summed E-state index contributed by atoms with van der Waals surface area (Å²) in [6, 6.07) is 6.46. The first-order valence-electron chi connectivity index (χ1n) is 9.98. The first-order valence-corrected chi connectivity index (χ1v) is 9.98. The number of benzene rings is 1. The molecule has 1 aliphatic heterocycles. The van der Waals surface area contributed by atoms with Gasteiger partial charge in [-0.3, -0.25) is 14.5 Å². The molecule has 0 atom stereocenters. The number of carbonyl (C=O) groups is 5. The van der Waals surface area contributed by atoms with Gasteiger partial charge < -0.3 is 35.1 Å². The van der Waals surface area contributed by atoms with E-state index >= 15 is 0 Å². The Bertz CT molecular complexity index is 823. The van der Waals surface area contributed by atoms with Crippen LogP contribution in [0, 0.1) is 0 Å². The number of amides is 5. The maximum absolute atomic E-state index is 11.9. The Morgan fingerprint density at radius 3 is 2.18 bits per heavy atom. The number of likely N-dealkylation sites (tertiary alicyclic amines) is 1. The molecule has 168 valence electrons. The summed E-state index contributed by atoms with van der Waals surface area (Å²) in [5, 5.41) is 11.3. The van der Waals surface area contributed by atoms with Crippen LogP contribution in [0.4, 0.5) is 5.69 Å². The molecule has 0 aromatic heterocycles. The second kappa shape index (κ2) is 22.0. The summed E-state index contributed by atoms with van der Waals surface area (Å²) in [5.41, 5.74) is 1.07. The van der Waals surface area contributed by atoms with Gasteiger partial charge in [0.15, 0.2) is 0 Å². The van der Waals surface area contributed by atoms with Crippen molar-refractivity contribution in [3.8, 4) is 0 Å². The summed E-state index contributed by atoms with van der Waals surface area (Å²) in [6.07, 6.45) is 0.677. The first kappa shape index (κ1) is 38.3. The number of carbonyl (C=O) groups excluding carboxylic acids is 5. The van der Waals surface area contributed by atoms with Crippen LogP contribution >= 0.6 is 0 Å². The molecule has 0 radical (unpaired) electrons. The summed E-state index contributed by atoms with van der Waals surface area (Å²) in [5.74, 6) is -1.83. The molecular weight excluding hydrogens is 661 g/mol. The molecule has 0 saturated carbocycles. The largest absolute Gasteiger partial charge is 1.00 e. The van der Waals surface area contributed by atoms with E-state index in [0.29, 0.717) is 43.8 Å². The summed E-state index contributed by atoms with van der Waals surface area (Å²) < 4.78 is 5.27. The SMILES string of the molecule is CC(=O)[N-]CCCOCC[N-]C(=O)CC(=O)[N-]c1ccc(CC(=O)N2CCC2=O)cc1.[Rb+].[Rb+].[Rb+]. The van der Waals surface area contributed by atoms with Crippen LogP contribution in [0.2, 0.25) is 0 Å². The van der Waals surface area contributed by atoms with Crippen molar-refractivity contribution >= 4 is 35.2 Å². The van der Waals surface area contributed by atoms with Crippen molar-refractivity contribution in [2.24, 2.45) is 0 Å². The molecule has 2 rings (SSSR count). The van der Waals surface area contributed by atoms with Crippen molar-refractivity contribution in [3.63, 3.8) is 0 Å². The number of nitrogens with zero attached hydrogens (tertiary/aromatic N) is 4. The molecule has 1 saturated heterocycles. The maximum Gasteiger partial charge on any atom is 1.00 e. The van der Waals surface area contributed by atoms with Crippen LogP contribution in [-0.2, 0) is 35.1 Å². The van der Waals surface area contributed by atoms with Gasteiger partial charge in [0.1, 0.15) is 0 Å². The molecule has 34 heavy (non-hydrogen) atoms. The molecule has 1 aromatic carbocycles. The van der Waals surface area contributed by atoms with Crippen LogP contribution in [0.5, 0.6) is 0 Å². The second-order valence-corrected chi connectivity index (χ2v) is 6.86. The molecule has 1 fully saturated rings. The Labute approximate surface area is 346 Å². The van der Waals surface area contributed by atoms with Gasteiger partial charge in [0, 0.05) is 38.5 Å². The molecule has 0 N–H and O–H groups in total. The zero-order valence-corrected chi connectivity index (χ0v) is 35.2. The fourth-order valence-electron chi connectivity index (χ4n) is 2.65. The second-order valence-electron chi connectivity index (χ2n) is 6.86. The zero-order chi connectivity index (χ0) is 22.6. The van der Waals surface area contributed by atoms with Crippen LogP contribution in [0.3, 0.4) is 0 Å². The summed E-state index contributed by atoms with van der Waals surface area (Å²) in [6.45, 7) is 3.03. The molecule has 0 spiro atoms. The third kappa shape index (κ3) is 16.2. The molecule has 0 unspecified atom stereocenters. The van der Waals surface area contributed by atoms with Crippen molar-refractivity contribution in [2.75, 3.05) is 32.8 Å². The standard InChI is InChI=1S/C21H28N4O6.3Rb/c1-15(26)22-8-2-11-31-12-9-23-18(27)14-19(28)24-17-5-3-16(4-6-17)13-21(30)25-10-7-20(25)29;;;/h3-6H,2,7-14H2,1H3,(H3,22,23,24,26,27,28);;;/q;3*+1/p-3. The molecule has 1 heterocycles. The summed E-state index contributed by atoms with van der Waals surface area (Å²) in [4.78, 5) is 58.7. The quantitative estimate of drug-likeness (QED) is 0.122. The van der Waals surface area contributed by atoms with Gasteiger partial charge in [-0.1, -0.05) is 24.3 Å². The van der Waals surface area contributed by atoms with E-state index < -0.39 is 18.2 Å². The normalized spacial score (nSPS) is 11.6. The predicted molar refractivity (Wildman–Crippen MR) is 112 cm³/mol. The smallest absolute Gasteiger partial charge is 0.654 e. The molecule has 13 heteroatoms. The molecule has 1 aliphatic rings. The van der Waals surface area contributed by atoms with Crippen molar-refractivity contribution in [3.05, 3.63) is 45.8 Å². The number of β-lactam (4-membered cyclic amide) rings is 1. The minimum atomic E-state index is -0.615. The van der Waals surface area contributed by atoms with Crippen molar-refractivity contribution in [1.82, 2.24) is 4.90 Å². The third-order valence-corrected chi connectivity index (χ3v) is 4.30. The van der Waals surface area contributed by atoms with E-state index in [4.69, 9.17) is 4.74 Å². The van der Waals surface area contributed by atoms with Crippen molar-refractivity contribution < 1.29 is 203 Å². The first-order chi connectivity index (χ1) is 14.8. The van der Waals surface area contributed by atoms with E-state index in [1.165, 1.54) is 11.8 Å². The average molecular weight is 686 g/mol. The van der Waals surface area contributed by atoms with Crippen LogP contribution in [0.1, 0.15) is 31.7 Å². The number of rotatable bonds is 12. The molecule has 10 nitrogen and oxygen atoms in total. The van der Waals surface area contributed by atoms with Crippen LogP contribution < -0.4 is 175 Å². The number of hydrogen-bond donors (Lipinski definition) is 0. The third-order valence-electron chi connectivity index (χ3n) is 4.30. The summed E-state index contributed by atoms with van der Waals surface area (Å²) in [7, 11) is 0. The Hall–Kier alpha value is 2.15. The van der Waals surface area contributed by atoms with Crippen molar-refractivity contribution in [2.45, 2.75) is 32.6 Å². The van der Waals surface area contributed by atoms with Gasteiger partial charge >= 0.3 is 175 Å². The fraction of sp³-hybridized carbons (Fsp3) is 0.476. The van der Waals surface area contributed by atoms with E-state index in [9.17, 15) is 24.0 Å². The molecular formula is C21H25N4O6Rb3. The van der Waals surface area contributed by atoms with E-state index in [1.54, 1.807) is 24.3 Å². The van der Waals surface area contributed by atoms with E-state index in [-0.39, 0.29) is 212 Å². The Kier molecular flexibility index (Phi) is 24.8. The summed E-state index contributed by atoms with van der Waals surface area (Å²) >= 11 is 0. The van der Waals surface area contributed by atoms with Gasteiger partial charge in [0.25, 0.3) is 0 Å². The molecule has 5 amide bonds. The average Bonchev–Trinajstić information content (AvgIpc) is 2.69. The van der Waals surface area contributed by atoms with Gasteiger partial charge in [0.2, 0.25) is 11.8 Å². The van der Waals surface area contributed by atoms with E-state index in [0.717, 1.165) is 0 Å². The number of ether oxygens (including phenoxy) is 1. The van der Waals surface area contributed by atoms with Gasteiger partial charge in [-0.25, -0.2) is 0 Å². The molecule has 0 bridgehead atoms. The molecule has 0 aliphatic carbocycles. The van der Waals surface area contributed by atoms with Crippen LogP contribution in [0.15, 0.2) is 24.3 Å². The van der Waals surface area contributed by atoms with Gasteiger partial charge in [-0.15, -0.1) is 18.8 Å². The van der Waals surface area contributed by atoms with Gasteiger partial charge in [-0.2, -0.15) is 0 Å². The Morgan fingerprint density at radius 1 is 0.941 bits per heavy atom. The zero-order valence-electron chi connectivity index (χ0n) is 20.4. The number of imide groups is 1. The monoisotopic (exact) mass is 684 g/mol. The van der Waals surface area contributed by atoms with E-state index in [2.05, 4.69) is 16.0 Å². The number of hydrogen-bond acceptors (Lipinski definition) is 6. The van der Waals surface area contributed by atoms with Gasteiger partial charge in [0.05, 0.1) is 18.2 Å². The fourth-order valence-corrected chi connectivity index (χ4v) is 2.65.